The molecule has 1 aromatic carbocycles. The second-order valence-corrected chi connectivity index (χ2v) is 5.65. The summed E-state index contributed by atoms with van der Waals surface area (Å²) in [6, 6.07) is 9.60. The molecule has 0 fully saturated rings. The predicted octanol–water partition coefficient (Wildman–Crippen LogP) is 3.82. The maximum Gasteiger partial charge on any atom is 0.190 e. The van der Waals surface area contributed by atoms with Crippen molar-refractivity contribution in [3.63, 3.8) is 0 Å². The van der Waals surface area contributed by atoms with E-state index in [2.05, 4.69) is 9.88 Å². The number of rotatable bonds is 4. The minimum atomic E-state index is -1.36. The van der Waals surface area contributed by atoms with Crippen LogP contribution in [0.4, 0.5) is 5.69 Å². The zero-order valence-corrected chi connectivity index (χ0v) is 12.0. The first-order valence-electron chi connectivity index (χ1n) is 6.56. The Morgan fingerprint density at radius 2 is 2.05 bits per heavy atom. The molecule has 0 bridgehead atoms. The standard InChI is InChI=1S/C16H14N2O2S/c19-21(14-10-6-1-2-7-11-14)18-15-12-17-20-16(15)13-8-4-3-5-9-13/h1,3-12,18H,2H2. The molecule has 5 heteroatoms. The van der Waals surface area contributed by atoms with Crippen LogP contribution in [0.1, 0.15) is 6.42 Å². The number of hydrogen-bond donors (Lipinski definition) is 1. The molecule has 1 aromatic heterocycles. The SMILES string of the molecule is O=S(Nc1cnoc1-c1ccccc1)C1=CC=CCC=C1. The van der Waals surface area contributed by atoms with Gasteiger partial charge in [0.05, 0.1) is 11.1 Å². The molecule has 1 heterocycles. The van der Waals surface area contributed by atoms with Crippen molar-refractivity contribution in [1.82, 2.24) is 5.16 Å². The lowest BCUT2D eigenvalue weighted by atomic mass is 10.1. The van der Waals surface area contributed by atoms with Gasteiger partial charge in [-0.1, -0.05) is 53.7 Å². The second-order valence-electron chi connectivity index (χ2n) is 4.44. The summed E-state index contributed by atoms with van der Waals surface area (Å²) in [5, 5.41) is 3.79. The topological polar surface area (TPSA) is 55.1 Å². The highest BCUT2D eigenvalue weighted by Gasteiger charge is 2.14. The fourth-order valence-corrected chi connectivity index (χ4v) is 2.84. The van der Waals surface area contributed by atoms with Gasteiger partial charge in [0.25, 0.3) is 0 Å². The molecule has 21 heavy (non-hydrogen) atoms. The summed E-state index contributed by atoms with van der Waals surface area (Å²) in [4.78, 5) is 0.712. The van der Waals surface area contributed by atoms with Crippen molar-refractivity contribution in [3.05, 3.63) is 71.8 Å². The van der Waals surface area contributed by atoms with Crippen molar-refractivity contribution in [1.29, 1.82) is 0 Å². The van der Waals surface area contributed by atoms with Crippen LogP contribution in [0.3, 0.4) is 0 Å². The third-order valence-corrected chi connectivity index (χ3v) is 4.08. The predicted molar refractivity (Wildman–Crippen MR) is 84.7 cm³/mol. The molecule has 4 nitrogen and oxygen atoms in total. The maximum atomic E-state index is 12.4. The molecule has 0 saturated carbocycles. The summed E-state index contributed by atoms with van der Waals surface area (Å²) in [5.41, 5.74) is 1.50. The van der Waals surface area contributed by atoms with Gasteiger partial charge in [0.2, 0.25) is 0 Å². The highest BCUT2D eigenvalue weighted by molar-refractivity contribution is 7.90. The van der Waals surface area contributed by atoms with Gasteiger partial charge >= 0.3 is 0 Å². The Bertz CT molecular complexity index is 730. The Hall–Kier alpha value is -2.40. The van der Waals surface area contributed by atoms with Crippen LogP contribution in [-0.2, 0) is 11.0 Å². The molecule has 3 rings (SSSR count). The average molecular weight is 298 g/mol. The van der Waals surface area contributed by atoms with Crippen LogP contribution in [0.15, 0.2) is 76.3 Å². The molecule has 0 saturated heterocycles. The highest BCUT2D eigenvalue weighted by Crippen LogP contribution is 2.28. The first-order chi connectivity index (χ1) is 10.3. The molecule has 1 unspecified atom stereocenters. The second kappa shape index (κ2) is 6.37. The van der Waals surface area contributed by atoms with E-state index < -0.39 is 11.0 Å². The van der Waals surface area contributed by atoms with E-state index in [1.807, 2.05) is 60.7 Å². The van der Waals surface area contributed by atoms with Gasteiger partial charge in [0, 0.05) is 5.56 Å². The zero-order valence-electron chi connectivity index (χ0n) is 11.2. The van der Waals surface area contributed by atoms with E-state index in [-0.39, 0.29) is 0 Å². The molecule has 0 aliphatic heterocycles. The zero-order chi connectivity index (χ0) is 14.5. The number of nitrogens with zero attached hydrogens (tertiary/aromatic N) is 1. The largest absolute Gasteiger partial charge is 0.354 e. The fraction of sp³-hybridized carbons (Fsp3) is 0.0625. The molecule has 1 N–H and O–H groups in total. The summed E-state index contributed by atoms with van der Waals surface area (Å²) in [7, 11) is -1.36. The van der Waals surface area contributed by atoms with Crippen molar-refractivity contribution in [3.8, 4) is 11.3 Å². The monoisotopic (exact) mass is 298 g/mol. The Labute approximate surface area is 125 Å². The summed E-state index contributed by atoms with van der Waals surface area (Å²) in [6.07, 6.45) is 12.0. The number of allylic oxidation sites excluding steroid dienone is 5. The van der Waals surface area contributed by atoms with E-state index in [0.717, 1.165) is 12.0 Å². The van der Waals surface area contributed by atoms with E-state index in [1.54, 1.807) is 0 Å². The smallest absolute Gasteiger partial charge is 0.190 e. The molecule has 1 aliphatic rings. The molecule has 0 spiro atoms. The summed E-state index contributed by atoms with van der Waals surface area (Å²) in [5.74, 6) is 0.581. The molecular formula is C16H14N2O2S. The summed E-state index contributed by atoms with van der Waals surface area (Å²) >= 11 is 0. The Kier molecular flexibility index (Phi) is 4.12. The van der Waals surface area contributed by atoms with Crippen molar-refractivity contribution in [2.45, 2.75) is 6.42 Å². The number of nitrogens with one attached hydrogen (secondary N) is 1. The van der Waals surface area contributed by atoms with Gasteiger partial charge in [0.15, 0.2) is 5.76 Å². The van der Waals surface area contributed by atoms with Crippen LogP contribution in [-0.4, -0.2) is 9.37 Å². The molecule has 0 amide bonds. The number of anilines is 1. The highest BCUT2D eigenvalue weighted by atomic mass is 32.2. The van der Waals surface area contributed by atoms with Gasteiger partial charge in [0.1, 0.15) is 16.7 Å². The lowest BCUT2D eigenvalue weighted by Gasteiger charge is -2.05. The number of hydrogen-bond acceptors (Lipinski definition) is 3. The molecule has 0 radical (unpaired) electrons. The van der Waals surface area contributed by atoms with E-state index in [0.29, 0.717) is 16.4 Å². The van der Waals surface area contributed by atoms with Crippen LogP contribution in [0.5, 0.6) is 0 Å². The van der Waals surface area contributed by atoms with E-state index in [9.17, 15) is 4.21 Å². The van der Waals surface area contributed by atoms with Gasteiger partial charge < -0.3 is 4.52 Å². The van der Waals surface area contributed by atoms with E-state index in [1.165, 1.54) is 6.20 Å². The van der Waals surface area contributed by atoms with Crippen LogP contribution in [0, 0.1) is 0 Å². The minimum absolute atomic E-state index is 0.581. The Balaban J connectivity index is 1.83. The van der Waals surface area contributed by atoms with Gasteiger partial charge in [-0.15, -0.1) is 0 Å². The van der Waals surface area contributed by atoms with Crippen molar-refractivity contribution < 1.29 is 8.73 Å². The fourth-order valence-electron chi connectivity index (χ4n) is 1.95. The normalized spacial score (nSPS) is 15.3. The summed E-state index contributed by atoms with van der Waals surface area (Å²) in [6.45, 7) is 0. The molecular weight excluding hydrogens is 284 g/mol. The lowest BCUT2D eigenvalue weighted by molar-refractivity contribution is 0.432. The number of benzene rings is 1. The van der Waals surface area contributed by atoms with Gasteiger partial charge in [-0.2, -0.15) is 0 Å². The first kappa shape index (κ1) is 13.6. The quantitative estimate of drug-likeness (QED) is 0.933. The summed E-state index contributed by atoms with van der Waals surface area (Å²) < 4.78 is 20.6. The molecule has 2 aromatic rings. The van der Waals surface area contributed by atoms with Crippen LogP contribution >= 0.6 is 0 Å². The van der Waals surface area contributed by atoms with Gasteiger partial charge in [-0.05, 0) is 18.6 Å². The van der Waals surface area contributed by atoms with Crippen LogP contribution in [0.25, 0.3) is 11.3 Å². The maximum absolute atomic E-state index is 12.4. The molecule has 1 aliphatic carbocycles. The Morgan fingerprint density at radius 1 is 1.19 bits per heavy atom. The van der Waals surface area contributed by atoms with Crippen LogP contribution in [0.2, 0.25) is 0 Å². The van der Waals surface area contributed by atoms with Gasteiger partial charge in [-0.3, -0.25) is 4.72 Å². The minimum Gasteiger partial charge on any atom is -0.354 e. The average Bonchev–Trinajstić information content (AvgIpc) is 2.81. The number of aromatic nitrogens is 1. The first-order valence-corrected chi connectivity index (χ1v) is 7.71. The molecule has 106 valence electrons. The molecule has 1 atom stereocenters. The van der Waals surface area contributed by atoms with E-state index >= 15 is 0 Å². The van der Waals surface area contributed by atoms with Gasteiger partial charge in [-0.25, -0.2) is 4.21 Å². The van der Waals surface area contributed by atoms with Crippen molar-refractivity contribution >= 4 is 16.7 Å². The van der Waals surface area contributed by atoms with Crippen molar-refractivity contribution in [2.75, 3.05) is 4.72 Å². The third kappa shape index (κ3) is 3.20. The third-order valence-electron chi connectivity index (χ3n) is 2.97. The van der Waals surface area contributed by atoms with Crippen molar-refractivity contribution in [2.24, 2.45) is 0 Å². The lowest BCUT2D eigenvalue weighted by Crippen LogP contribution is -2.05. The Morgan fingerprint density at radius 3 is 2.90 bits per heavy atom. The van der Waals surface area contributed by atoms with Crippen LogP contribution < -0.4 is 4.72 Å². The van der Waals surface area contributed by atoms with E-state index in [4.69, 9.17) is 4.52 Å².